The van der Waals surface area contributed by atoms with Crippen molar-refractivity contribution in [2.45, 2.75) is 44.7 Å². The summed E-state index contributed by atoms with van der Waals surface area (Å²) in [6.07, 6.45) is 5.85. The van der Waals surface area contributed by atoms with Crippen molar-refractivity contribution in [3.63, 3.8) is 0 Å². The fourth-order valence-electron chi connectivity index (χ4n) is 3.69. The van der Waals surface area contributed by atoms with E-state index >= 15 is 0 Å². The molecule has 3 rings (SSSR count). The number of nitrogens with zero attached hydrogens (tertiary/aromatic N) is 3. The molecule has 6 nitrogen and oxygen atoms in total. The lowest BCUT2D eigenvalue weighted by Crippen LogP contribution is -2.50. The minimum atomic E-state index is -0.0131. The van der Waals surface area contributed by atoms with E-state index < -0.39 is 0 Å². The second-order valence-corrected chi connectivity index (χ2v) is 6.97. The van der Waals surface area contributed by atoms with Gasteiger partial charge >= 0.3 is 6.03 Å². The smallest absolute Gasteiger partial charge is 0.315 e. The third-order valence-electron chi connectivity index (χ3n) is 5.10. The number of hydrogen-bond acceptors (Lipinski definition) is 4. The summed E-state index contributed by atoms with van der Waals surface area (Å²) in [5, 5.41) is 6.25. The molecule has 0 unspecified atom stereocenters. The van der Waals surface area contributed by atoms with Crippen molar-refractivity contribution in [2.75, 3.05) is 38.1 Å². The van der Waals surface area contributed by atoms with Gasteiger partial charge in [0, 0.05) is 37.9 Å². The first-order valence-electron chi connectivity index (χ1n) is 9.10. The zero-order chi connectivity index (χ0) is 16.9. The Bertz CT molecular complexity index is 556. The molecule has 2 amide bonds. The monoisotopic (exact) mass is 331 g/mol. The van der Waals surface area contributed by atoms with Gasteiger partial charge in [0.1, 0.15) is 5.82 Å². The maximum atomic E-state index is 12.2. The Morgan fingerprint density at radius 2 is 1.92 bits per heavy atom. The number of anilines is 1. The van der Waals surface area contributed by atoms with E-state index in [1.165, 1.54) is 5.56 Å². The summed E-state index contributed by atoms with van der Waals surface area (Å²) in [4.78, 5) is 21.3. The number of urea groups is 1. The molecule has 6 heteroatoms. The largest absolute Gasteiger partial charge is 0.356 e. The van der Waals surface area contributed by atoms with E-state index in [-0.39, 0.29) is 18.1 Å². The van der Waals surface area contributed by atoms with E-state index in [0.717, 1.165) is 57.7 Å². The lowest BCUT2D eigenvalue weighted by atomic mass is 10.0. The van der Waals surface area contributed by atoms with Gasteiger partial charge in [-0.15, -0.1) is 0 Å². The first kappa shape index (κ1) is 17.0. The Labute approximate surface area is 144 Å². The molecule has 0 aliphatic carbocycles. The summed E-state index contributed by atoms with van der Waals surface area (Å²) in [7, 11) is 2.09. The first-order chi connectivity index (χ1) is 11.7. The standard InChI is InChI=1S/C18H29N5O/c1-3-14-5-4-9-19-17(14)23-11-7-15(8-12-23)20-18(24)21-16-6-10-22(2)13-16/h4-5,9,15-16H,3,6-8,10-13H2,1-2H3,(H2,20,21,24)/t16-/m1/s1. The lowest BCUT2D eigenvalue weighted by Gasteiger charge is -2.34. The molecule has 0 bridgehead atoms. The molecule has 2 fully saturated rings. The molecule has 1 atom stereocenters. The van der Waals surface area contributed by atoms with E-state index in [9.17, 15) is 4.79 Å². The number of amides is 2. The Balaban J connectivity index is 1.46. The maximum absolute atomic E-state index is 12.2. The van der Waals surface area contributed by atoms with Crippen LogP contribution in [0, 0.1) is 0 Å². The zero-order valence-electron chi connectivity index (χ0n) is 14.8. The number of hydrogen-bond donors (Lipinski definition) is 2. The molecule has 1 aromatic heterocycles. The van der Waals surface area contributed by atoms with Crippen molar-refractivity contribution >= 4 is 11.8 Å². The van der Waals surface area contributed by atoms with Gasteiger partial charge in [0.15, 0.2) is 0 Å². The van der Waals surface area contributed by atoms with E-state index in [4.69, 9.17) is 0 Å². The van der Waals surface area contributed by atoms with Crippen LogP contribution in [0.2, 0.25) is 0 Å². The van der Waals surface area contributed by atoms with Crippen LogP contribution in [0.15, 0.2) is 18.3 Å². The third-order valence-corrected chi connectivity index (χ3v) is 5.10. The highest BCUT2D eigenvalue weighted by molar-refractivity contribution is 5.74. The van der Waals surface area contributed by atoms with E-state index in [1.54, 1.807) is 0 Å². The highest BCUT2D eigenvalue weighted by Gasteiger charge is 2.25. The van der Waals surface area contributed by atoms with E-state index in [0.29, 0.717) is 0 Å². The summed E-state index contributed by atoms with van der Waals surface area (Å²) in [5.41, 5.74) is 1.30. The van der Waals surface area contributed by atoms with Crippen molar-refractivity contribution in [3.8, 4) is 0 Å². The lowest BCUT2D eigenvalue weighted by molar-refractivity contribution is 0.230. The van der Waals surface area contributed by atoms with Crippen LogP contribution in [-0.2, 0) is 6.42 Å². The fourth-order valence-corrected chi connectivity index (χ4v) is 3.69. The van der Waals surface area contributed by atoms with Crippen LogP contribution in [0.25, 0.3) is 0 Å². The molecule has 0 aromatic carbocycles. The molecule has 2 aliphatic heterocycles. The minimum absolute atomic E-state index is 0.0131. The predicted molar refractivity (Wildman–Crippen MR) is 96.4 cm³/mol. The Morgan fingerprint density at radius 1 is 1.21 bits per heavy atom. The van der Waals surface area contributed by atoms with Crippen LogP contribution in [0.5, 0.6) is 0 Å². The second kappa shape index (κ2) is 7.83. The third kappa shape index (κ3) is 4.17. The van der Waals surface area contributed by atoms with E-state index in [2.05, 4.69) is 45.5 Å². The Kier molecular flexibility index (Phi) is 5.56. The van der Waals surface area contributed by atoms with Crippen molar-refractivity contribution < 1.29 is 4.79 Å². The van der Waals surface area contributed by atoms with Crippen molar-refractivity contribution in [1.82, 2.24) is 20.5 Å². The van der Waals surface area contributed by atoms with Crippen LogP contribution in [-0.4, -0.2) is 61.2 Å². The summed E-state index contributed by atoms with van der Waals surface area (Å²) in [6.45, 7) is 6.07. The normalized spacial score (nSPS) is 22.6. The van der Waals surface area contributed by atoms with Gasteiger partial charge < -0.3 is 20.4 Å². The van der Waals surface area contributed by atoms with Gasteiger partial charge in [0.25, 0.3) is 0 Å². The van der Waals surface area contributed by atoms with Gasteiger partial charge in [0.05, 0.1) is 0 Å². The molecule has 3 heterocycles. The van der Waals surface area contributed by atoms with Crippen LogP contribution < -0.4 is 15.5 Å². The molecule has 2 N–H and O–H groups in total. The van der Waals surface area contributed by atoms with E-state index in [1.807, 2.05) is 12.3 Å². The van der Waals surface area contributed by atoms with Crippen LogP contribution in [0.4, 0.5) is 10.6 Å². The number of aromatic nitrogens is 1. The highest BCUT2D eigenvalue weighted by Crippen LogP contribution is 2.22. The number of likely N-dealkylation sites (tertiary alicyclic amines) is 1. The van der Waals surface area contributed by atoms with Crippen LogP contribution in [0.3, 0.4) is 0 Å². The average molecular weight is 331 g/mol. The van der Waals surface area contributed by atoms with Gasteiger partial charge in [-0.1, -0.05) is 13.0 Å². The Morgan fingerprint density at radius 3 is 2.58 bits per heavy atom. The SMILES string of the molecule is CCc1cccnc1N1CCC(NC(=O)N[C@@H]2CCN(C)C2)CC1. The summed E-state index contributed by atoms with van der Waals surface area (Å²) >= 11 is 0. The number of piperidine rings is 1. The fraction of sp³-hybridized carbons (Fsp3) is 0.667. The number of aryl methyl sites for hydroxylation is 1. The van der Waals surface area contributed by atoms with Crippen molar-refractivity contribution in [3.05, 3.63) is 23.9 Å². The number of pyridine rings is 1. The van der Waals surface area contributed by atoms with Gasteiger partial charge in [-0.2, -0.15) is 0 Å². The number of likely N-dealkylation sites (N-methyl/N-ethyl adjacent to an activating group) is 1. The number of rotatable bonds is 4. The quantitative estimate of drug-likeness (QED) is 0.880. The van der Waals surface area contributed by atoms with Crippen molar-refractivity contribution in [2.24, 2.45) is 0 Å². The zero-order valence-corrected chi connectivity index (χ0v) is 14.8. The second-order valence-electron chi connectivity index (χ2n) is 6.97. The molecule has 0 saturated carbocycles. The molecule has 2 aliphatic rings. The summed E-state index contributed by atoms with van der Waals surface area (Å²) < 4.78 is 0. The van der Waals surface area contributed by atoms with Gasteiger partial charge in [0.2, 0.25) is 0 Å². The van der Waals surface area contributed by atoms with Gasteiger partial charge in [-0.3, -0.25) is 0 Å². The predicted octanol–water partition coefficient (Wildman–Crippen LogP) is 1.62. The van der Waals surface area contributed by atoms with Gasteiger partial charge in [-0.05, 0) is 50.9 Å². The maximum Gasteiger partial charge on any atom is 0.315 e. The Hall–Kier alpha value is -1.82. The van der Waals surface area contributed by atoms with Crippen LogP contribution >= 0.6 is 0 Å². The number of carbonyl (C=O) groups is 1. The topological polar surface area (TPSA) is 60.5 Å². The van der Waals surface area contributed by atoms with Gasteiger partial charge in [-0.25, -0.2) is 9.78 Å². The molecular formula is C18H29N5O. The molecular weight excluding hydrogens is 302 g/mol. The number of carbonyl (C=O) groups excluding carboxylic acids is 1. The summed E-state index contributed by atoms with van der Waals surface area (Å²) in [5.74, 6) is 1.11. The number of nitrogens with one attached hydrogen (secondary N) is 2. The summed E-state index contributed by atoms with van der Waals surface area (Å²) in [6, 6.07) is 4.69. The minimum Gasteiger partial charge on any atom is -0.356 e. The molecule has 1 aromatic rings. The molecule has 132 valence electrons. The highest BCUT2D eigenvalue weighted by atomic mass is 16.2. The first-order valence-corrected chi connectivity index (χ1v) is 9.10. The molecule has 24 heavy (non-hydrogen) atoms. The molecule has 0 radical (unpaired) electrons. The average Bonchev–Trinajstić information content (AvgIpc) is 3.00. The molecule has 0 spiro atoms. The van der Waals surface area contributed by atoms with Crippen LogP contribution in [0.1, 0.15) is 31.7 Å². The van der Waals surface area contributed by atoms with Crippen molar-refractivity contribution in [1.29, 1.82) is 0 Å². The molecule has 2 saturated heterocycles.